The van der Waals surface area contributed by atoms with Gasteiger partial charge >= 0.3 is 0 Å². The molecule has 0 atom stereocenters. The third-order valence-corrected chi connectivity index (χ3v) is 4.83. The lowest BCUT2D eigenvalue weighted by molar-refractivity contribution is -0.122. The monoisotopic (exact) mass is 397 g/mol. The second-order valence-electron chi connectivity index (χ2n) is 6.65. The predicted octanol–water partition coefficient (Wildman–Crippen LogP) is 3.57. The summed E-state index contributed by atoms with van der Waals surface area (Å²) >= 11 is 5.25. The van der Waals surface area contributed by atoms with Crippen LogP contribution in [0.3, 0.4) is 0 Å². The van der Waals surface area contributed by atoms with Crippen LogP contribution in [0.1, 0.15) is 30.7 Å². The quantitative estimate of drug-likeness (QED) is 0.475. The Hall–Kier alpha value is -2.93. The van der Waals surface area contributed by atoms with Crippen LogP contribution in [-0.4, -0.2) is 30.0 Å². The second kappa shape index (κ2) is 7.98. The SMILES string of the molecule is CCN(CC)c1ccc(/C=C2\C(=O)NC(=S)N(c3cc(C)cc(C)c3)C2=O)o1. The van der Waals surface area contributed by atoms with E-state index in [2.05, 4.69) is 5.32 Å². The van der Waals surface area contributed by atoms with Crippen LogP contribution in [0.4, 0.5) is 11.6 Å². The lowest BCUT2D eigenvalue weighted by Crippen LogP contribution is -2.54. The Kier molecular flexibility index (Phi) is 5.65. The lowest BCUT2D eigenvalue weighted by atomic mass is 10.1. The molecule has 1 saturated heterocycles. The van der Waals surface area contributed by atoms with Crippen molar-refractivity contribution in [3.63, 3.8) is 0 Å². The van der Waals surface area contributed by atoms with Crippen LogP contribution < -0.4 is 15.1 Å². The molecule has 1 fully saturated rings. The minimum atomic E-state index is -0.531. The molecule has 7 heteroatoms. The fourth-order valence-electron chi connectivity index (χ4n) is 3.24. The Morgan fingerprint density at radius 2 is 1.75 bits per heavy atom. The highest BCUT2D eigenvalue weighted by Gasteiger charge is 2.35. The summed E-state index contributed by atoms with van der Waals surface area (Å²) in [5, 5.41) is 2.67. The number of furan rings is 1. The number of carbonyl (C=O) groups excluding carboxylic acids is 2. The molecule has 0 saturated carbocycles. The highest BCUT2D eigenvalue weighted by atomic mass is 32.1. The molecule has 0 unspecified atom stereocenters. The third-order valence-electron chi connectivity index (χ3n) is 4.54. The summed E-state index contributed by atoms with van der Waals surface area (Å²) in [4.78, 5) is 28.9. The highest BCUT2D eigenvalue weighted by Crippen LogP contribution is 2.26. The van der Waals surface area contributed by atoms with Crippen LogP contribution in [0.2, 0.25) is 0 Å². The molecule has 0 aliphatic carbocycles. The third kappa shape index (κ3) is 3.84. The Bertz CT molecular complexity index is 953. The smallest absolute Gasteiger partial charge is 0.270 e. The Morgan fingerprint density at radius 3 is 2.36 bits per heavy atom. The Morgan fingerprint density at radius 1 is 1.11 bits per heavy atom. The molecule has 2 aromatic rings. The number of anilines is 2. The largest absolute Gasteiger partial charge is 0.441 e. The van der Waals surface area contributed by atoms with E-state index in [0.29, 0.717) is 17.3 Å². The van der Waals surface area contributed by atoms with Gasteiger partial charge in [0.1, 0.15) is 11.3 Å². The van der Waals surface area contributed by atoms with Gasteiger partial charge in [-0.3, -0.25) is 19.8 Å². The maximum Gasteiger partial charge on any atom is 0.270 e. The zero-order chi connectivity index (χ0) is 20.4. The molecular formula is C21H23N3O3S. The van der Waals surface area contributed by atoms with Crippen LogP contribution in [0.25, 0.3) is 6.08 Å². The summed E-state index contributed by atoms with van der Waals surface area (Å²) in [7, 11) is 0. The topological polar surface area (TPSA) is 65.8 Å². The molecular weight excluding hydrogens is 374 g/mol. The molecule has 2 heterocycles. The van der Waals surface area contributed by atoms with Crippen molar-refractivity contribution in [2.24, 2.45) is 0 Å². The van der Waals surface area contributed by atoms with Gasteiger partial charge in [0.15, 0.2) is 11.0 Å². The van der Waals surface area contributed by atoms with Crippen LogP contribution >= 0.6 is 12.2 Å². The van der Waals surface area contributed by atoms with Crippen LogP contribution in [0, 0.1) is 13.8 Å². The standard InChI is InChI=1S/C21H23N3O3S/c1-5-23(6-2)18-8-7-16(27-18)12-17-19(25)22-21(28)24(20(17)26)15-10-13(3)9-14(4)11-15/h7-12H,5-6H2,1-4H3,(H,22,25,28)/b17-12+. The molecule has 6 nitrogen and oxygen atoms in total. The molecule has 28 heavy (non-hydrogen) atoms. The molecule has 1 aromatic carbocycles. The maximum atomic E-state index is 13.1. The molecule has 0 bridgehead atoms. The summed E-state index contributed by atoms with van der Waals surface area (Å²) in [5.74, 6) is 0.131. The van der Waals surface area contributed by atoms with Crippen molar-refractivity contribution in [2.45, 2.75) is 27.7 Å². The zero-order valence-electron chi connectivity index (χ0n) is 16.4. The van der Waals surface area contributed by atoms with E-state index in [1.54, 1.807) is 6.07 Å². The summed E-state index contributed by atoms with van der Waals surface area (Å²) in [6.45, 7) is 9.56. The van der Waals surface area contributed by atoms with Crippen LogP contribution in [0.15, 0.2) is 40.3 Å². The molecule has 1 N–H and O–H groups in total. The van der Waals surface area contributed by atoms with Crippen molar-refractivity contribution in [1.82, 2.24) is 5.32 Å². The number of hydrogen-bond acceptors (Lipinski definition) is 5. The predicted molar refractivity (Wildman–Crippen MR) is 114 cm³/mol. The van der Waals surface area contributed by atoms with Crippen LogP contribution in [-0.2, 0) is 9.59 Å². The number of nitrogens with zero attached hydrogens (tertiary/aromatic N) is 2. The summed E-state index contributed by atoms with van der Waals surface area (Å²) in [6.07, 6.45) is 1.46. The Labute approximate surface area is 169 Å². The van der Waals surface area contributed by atoms with Crippen molar-refractivity contribution in [3.8, 4) is 0 Å². The number of rotatable bonds is 5. The van der Waals surface area contributed by atoms with E-state index in [0.717, 1.165) is 24.2 Å². The molecule has 146 valence electrons. The first-order chi connectivity index (χ1) is 13.3. The first kappa shape index (κ1) is 19.8. The molecule has 0 spiro atoms. The zero-order valence-corrected chi connectivity index (χ0v) is 17.2. The fraction of sp³-hybridized carbons (Fsp3) is 0.286. The van der Waals surface area contributed by atoms with Gasteiger partial charge in [-0.1, -0.05) is 6.07 Å². The van der Waals surface area contributed by atoms with Gasteiger partial charge in [-0.15, -0.1) is 0 Å². The molecule has 2 amide bonds. The molecule has 0 radical (unpaired) electrons. The number of carbonyl (C=O) groups is 2. The fourth-order valence-corrected chi connectivity index (χ4v) is 3.52. The summed E-state index contributed by atoms with van der Waals surface area (Å²) < 4.78 is 5.80. The first-order valence-corrected chi connectivity index (χ1v) is 9.59. The summed E-state index contributed by atoms with van der Waals surface area (Å²) in [5.41, 5.74) is 2.61. The molecule has 3 rings (SSSR count). The number of amides is 2. The lowest BCUT2D eigenvalue weighted by Gasteiger charge is -2.29. The molecule has 1 aromatic heterocycles. The summed E-state index contributed by atoms with van der Waals surface area (Å²) in [6, 6.07) is 9.30. The average molecular weight is 398 g/mol. The normalized spacial score (nSPS) is 15.9. The minimum Gasteiger partial charge on any atom is -0.441 e. The van der Waals surface area contributed by atoms with E-state index in [-0.39, 0.29) is 10.7 Å². The van der Waals surface area contributed by atoms with Gasteiger partial charge in [-0.2, -0.15) is 0 Å². The van der Waals surface area contributed by atoms with Gasteiger partial charge in [0.2, 0.25) is 0 Å². The minimum absolute atomic E-state index is 0.0202. The van der Waals surface area contributed by atoms with Gasteiger partial charge < -0.3 is 9.32 Å². The number of nitrogens with one attached hydrogen (secondary N) is 1. The van der Waals surface area contributed by atoms with Gasteiger partial charge in [-0.25, -0.2) is 0 Å². The Balaban J connectivity index is 1.97. The van der Waals surface area contributed by atoms with Crippen molar-refractivity contribution in [1.29, 1.82) is 0 Å². The van der Waals surface area contributed by atoms with Crippen molar-refractivity contribution in [2.75, 3.05) is 22.9 Å². The molecule has 1 aliphatic rings. The van der Waals surface area contributed by atoms with Gasteiger partial charge in [0, 0.05) is 19.2 Å². The molecule has 1 aliphatic heterocycles. The van der Waals surface area contributed by atoms with Crippen LogP contribution in [0.5, 0.6) is 0 Å². The van der Waals surface area contributed by atoms with Crippen molar-refractivity contribution < 1.29 is 14.0 Å². The number of aryl methyl sites for hydroxylation is 2. The van der Waals surface area contributed by atoms with E-state index in [4.69, 9.17) is 16.6 Å². The number of hydrogen-bond donors (Lipinski definition) is 1. The van der Waals surface area contributed by atoms with E-state index >= 15 is 0 Å². The average Bonchev–Trinajstić information content (AvgIpc) is 3.07. The van der Waals surface area contributed by atoms with Gasteiger partial charge in [0.25, 0.3) is 11.8 Å². The van der Waals surface area contributed by atoms with E-state index in [1.807, 2.05) is 56.9 Å². The van der Waals surface area contributed by atoms with E-state index in [9.17, 15) is 9.59 Å². The van der Waals surface area contributed by atoms with E-state index < -0.39 is 11.8 Å². The van der Waals surface area contributed by atoms with Gasteiger partial charge in [-0.05, 0) is 75.3 Å². The second-order valence-corrected chi connectivity index (χ2v) is 7.04. The highest BCUT2D eigenvalue weighted by molar-refractivity contribution is 7.80. The van der Waals surface area contributed by atoms with Crippen molar-refractivity contribution >= 4 is 46.8 Å². The van der Waals surface area contributed by atoms with Crippen molar-refractivity contribution in [3.05, 3.63) is 52.8 Å². The first-order valence-electron chi connectivity index (χ1n) is 9.18. The number of thiocarbonyl (C=S) groups is 1. The van der Waals surface area contributed by atoms with E-state index in [1.165, 1.54) is 11.0 Å². The van der Waals surface area contributed by atoms with Gasteiger partial charge in [0.05, 0.1) is 5.69 Å². The maximum absolute atomic E-state index is 13.1. The number of benzene rings is 1.